The van der Waals surface area contributed by atoms with Crippen LogP contribution in [-0.4, -0.2) is 91.7 Å². The number of amides is 1. The Bertz CT molecular complexity index is 972. The first-order valence-corrected chi connectivity index (χ1v) is 13.4. The van der Waals surface area contributed by atoms with Gasteiger partial charge in [0.25, 0.3) is 0 Å². The van der Waals surface area contributed by atoms with Crippen LogP contribution in [-0.2, 0) is 4.79 Å². The van der Waals surface area contributed by atoms with E-state index in [0.717, 1.165) is 64.1 Å². The van der Waals surface area contributed by atoms with Crippen LogP contribution in [0.15, 0.2) is 48.5 Å². The number of rotatable bonds is 7. The highest BCUT2D eigenvalue weighted by Crippen LogP contribution is 2.28. The molecule has 0 unspecified atom stereocenters. The first-order chi connectivity index (χ1) is 17.0. The van der Waals surface area contributed by atoms with Crippen LogP contribution in [0.3, 0.4) is 0 Å². The second-order valence-corrected chi connectivity index (χ2v) is 10.5. The summed E-state index contributed by atoms with van der Waals surface area (Å²) in [5.74, 6) is 1.22. The van der Waals surface area contributed by atoms with Gasteiger partial charge in [0, 0.05) is 64.1 Å². The van der Waals surface area contributed by atoms with E-state index >= 15 is 0 Å². The van der Waals surface area contributed by atoms with E-state index in [1.54, 1.807) is 0 Å². The average molecular weight is 477 g/mol. The van der Waals surface area contributed by atoms with Crippen LogP contribution >= 0.6 is 0 Å². The molecule has 2 saturated heterocycles. The fourth-order valence-electron chi connectivity index (χ4n) is 5.43. The summed E-state index contributed by atoms with van der Waals surface area (Å²) in [7, 11) is 0. The highest BCUT2D eigenvalue weighted by molar-refractivity contribution is 5.78. The van der Waals surface area contributed by atoms with E-state index in [-0.39, 0.29) is 6.10 Å². The summed E-state index contributed by atoms with van der Waals surface area (Å²) >= 11 is 0. The minimum Gasteiger partial charge on any atom is -0.491 e. The summed E-state index contributed by atoms with van der Waals surface area (Å²) < 4.78 is 5.85. The molecule has 3 aliphatic rings. The van der Waals surface area contributed by atoms with Gasteiger partial charge in [0.15, 0.2) is 0 Å². The van der Waals surface area contributed by atoms with E-state index in [9.17, 15) is 4.79 Å². The lowest BCUT2D eigenvalue weighted by Crippen LogP contribution is -2.56. The SMILES string of the molecule is CC(C)Oc1cccc(-c2ccc(N3CCN(CC(=O)N4CCN(C5CCC5)CC4)CC3)cc2)c1. The molecule has 188 valence electrons. The van der Waals surface area contributed by atoms with Gasteiger partial charge in [0.1, 0.15) is 5.75 Å². The number of hydrogen-bond donors (Lipinski definition) is 0. The number of nitrogens with zero attached hydrogens (tertiary/aromatic N) is 4. The predicted octanol–water partition coefficient (Wildman–Crippen LogP) is 3.96. The molecule has 0 atom stereocenters. The third-order valence-corrected chi connectivity index (χ3v) is 7.76. The number of carbonyl (C=O) groups is 1. The Morgan fingerprint density at radius 2 is 1.60 bits per heavy atom. The average Bonchev–Trinajstić information content (AvgIpc) is 2.84. The van der Waals surface area contributed by atoms with Gasteiger partial charge in [-0.3, -0.25) is 14.6 Å². The molecule has 35 heavy (non-hydrogen) atoms. The second kappa shape index (κ2) is 11.0. The summed E-state index contributed by atoms with van der Waals surface area (Å²) in [6.07, 6.45) is 4.24. The number of ether oxygens (including phenoxy) is 1. The molecule has 0 bridgehead atoms. The lowest BCUT2D eigenvalue weighted by molar-refractivity contribution is -0.134. The van der Waals surface area contributed by atoms with Crippen molar-refractivity contribution < 1.29 is 9.53 Å². The molecule has 0 aromatic heterocycles. The molecule has 6 heteroatoms. The Kier molecular flexibility index (Phi) is 7.59. The molecule has 1 amide bonds. The smallest absolute Gasteiger partial charge is 0.236 e. The molecule has 0 spiro atoms. The van der Waals surface area contributed by atoms with Crippen LogP contribution in [0.2, 0.25) is 0 Å². The minimum absolute atomic E-state index is 0.170. The fourth-order valence-corrected chi connectivity index (χ4v) is 5.43. The van der Waals surface area contributed by atoms with Crippen LogP contribution in [0.5, 0.6) is 5.75 Å². The Morgan fingerprint density at radius 1 is 0.886 bits per heavy atom. The first kappa shape index (κ1) is 24.1. The van der Waals surface area contributed by atoms with E-state index in [1.165, 1.54) is 36.1 Å². The Morgan fingerprint density at radius 3 is 2.23 bits per heavy atom. The van der Waals surface area contributed by atoms with Crippen LogP contribution in [0.4, 0.5) is 5.69 Å². The number of hydrogen-bond acceptors (Lipinski definition) is 5. The van der Waals surface area contributed by atoms with Crippen LogP contribution < -0.4 is 9.64 Å². The lowest BCUT2D eigenvalue weighted by atomic mass is 9.91. The first-order valence-electron chi connectivity index (χ1n) is 13.4. The van der Waals surface area contributed by atoms with E-state index in [1.807, 2.05) is 19.9 Å². The van der Waals surface area contributed by atoms with Gasteiger partial charge in [-0.1, -0.05) is 30.7 Å². The summed E-state index contributed by atoms with van der Waals surface area (Å²) in [6.45, 7) is 12.3. The predicted molar refractivity (Wildman–Crippen MR) is 142 cm³/mol. The molecular weight excluding hydrogens is 436 g/mol. The molecule has 2 heterocycles. The zero-order valence-electron chi connectivity index (χ0n) is 21.4. The molecule has 0 radical (unpaired) electrons. The Hall–Kier alpha value is -2.57. The van der Waals surface area contributed by atoms with E-state index in [0.29, 0.717) is 12.5 Å². The van der Waals surface area contributed by atoms with Gasteiger partial charge in [-0.25, -0.2) is 0 Å². The third kappa shape index (κ3) is 5.99. The van der Waals surface area contributed by atoms with Crippen LogP contribution in [0.25, 0.3) is 11.1 Å². The van der Waals surface area contributed by atoms with Gasteiger partial charge in [-0.2, -0.15) is 0 Å². The number of carbonyl (C=O) groups excluding carboxylic acids is 1. The van der Waals surface area contributed by atoms with Crippen molar-refractivity contribution in [3.8, 4) is 16.9 Å². The number of anilines is 1. The maximum atomic E-state index is 12.9. The maximum absolute atomic E-state index is 12.9. The van der Waals surface area contributed by atoms with Gasteiger partial charge in [-0.15, -0.1) is 0 Å². The normalized spacial score (nSPS) is 20.2. The standard InChI is InChI=1S/C29H40N4O2/c1-23(2)35-28-8-3-5-25(21-28)24-9-11-27(12-10-24)31-15-13-30(14-16-31)22-29(34)33-19-17-32(18-20-33)26-6-4-7-26/h3,5,8-12,21,23,26H,4,6-7,13-20,22H2,1-2H3. The molecule has 2 aromatic carbocycles. The van der Waals surface area contributed by atoms with Gasteiger partial charge in [-0.05, 0) is 62.1 Å². The highest BCUT2D eigenvalue weighted by Gasteiger charge is 2.30. The monoisotopic (exact) mass is 476 g/mol. The number of piperazine rings is 2. The summed E-state index contributed by atoms with van der Waals surface area (Å²) in [5.41, 5.74) is 3.62. The van der Waals surface area contributed by atoms with Gasteiger partial charge in [0.2, 0.25) is 5.91 Å². The van der Waals surface area contributed by atoms with Crippen LogP contribution in [0.1, 0.15) is 33.1 Å². The van der Waals surface area contributed by atoms with Crippen molar-refractivity contribution in [3.63, 3.8) is 0 Å². The molecule has 0 N–H and O–H groups in total. The second-order valence-electron chi connectivity index (χ2n) is 10.5. The minimum atomic E-state index is 0.170. The van der Waals surface area contributed by atoms with E-state index in [4.69, 9.17) is 4.74 Å². The van der Waals surface area contributed by atoms with Gasteiger partial charge < -0.3 is 14.5 Å². The highest BCUT2D eigenvalue weighted by atomic mass is 16.5. The van der Waals surface area contributed by atoms with Crippen molar-refractivity contribution in [2.45, 2.75) is 45.3 Å². The summed E-state index contributed by atoms with van der Waals surface area (Å²) in [6, 6.07) is 17.9. The molecule has 5 rings (SSSR count). The molecule has 3 fully saturated rings. The molecule has 2 aliphatic heterocycles. The molecule has 2 aromatic rings. The lowest BCUT2D eigenvalue weighted by Gasteiger charge is -2.43. The Labute approximate surface area is 210 Å². The summed E-state index contributed by atoms with van der Waals surface area (Å²) in [4.78, 5) is 22.3. The number of benzene rings is 2. The zero-order chi connectivity index (χ0) is 24.2. The van der Waals surface area contributed by atoms with Crippen molar-refractivity contribution in [3.05, 3.63) is 48.5 Å². The molecule has 6 nitrogen and oxygen atoms in total. The van der Waals surface area contributed by atoms with Gasteiger partial charge in [0.05, 0.1) is 12.6 Å². The quantitative estimate of drug-likeness (QED) is 0.605. The van der Waals surface area contributed by atoms with Crippen molar-refractivity contribution in [1.29, 1.82) is 0 Å². The van der Waals surface area contributed by atoms with Crippen molar-refractivity contribution in [2.24, 2.45) is 0 Å². The third-order valence-electron chi connectivity index (χ3n) is 7.76. The Balaban J connectivity index is 1.09. The van der Waals surface area contributed by atoms with Crippen molar-refractivity contribution >= 4 is 11.6 Å². The van der Waals surface area contributed by atoms with Crippen LogP contribution in [0, 0.1) is 0 Å². The largest absolute Gasteiger partial charge is 0.491 e. The molecule has 1 aliphatic carbocycles. The summed E-state index contributed by atoms with van der Waals surface area (Å²) in [5, 5.41) is 0. The van der Waals surface area contributed by atoms with E-state index in [2.05, 4.69) is 62.1 Å². The van der Waals surface area contributed by atoms with E-state index < -0.39 is 0 Å². The van der Waals surface area contributed by atoms with Crippen molar-refractivity contribution in [1.82, 2.24) is 14.7 Å². The zero-order valence-corrected chi connectivity index (χ0v) is 21.4. The fraction of sp³-hybridized carbons (Fsp3) is 0.552. The maximum Gasteiger partial charge on any atom is 0.236 e. The van der Waals surface area contributed by atoms with Crippen molar-refractivity contribution in [2.75, 3.05) is 63.8 Å². The van der Waals surface area contributed by atoms with Gasteiger partial charge >= 0.3 is 0 Å². The molecular formula is C29H40N4O2. The topological polar surface area (TPSA) is 39.3 Å². The molecule has 1 saturated carbocycles.